The standard InChI is InChI=1S/C15H18ClNO2/c16-13-6-3-4-10(13)8-17-15(18)12-9-19-14-7-2-1-5-11(12)14/h1-2,5,7,10,12-13H,3-4,6,8-9H2,(H,17,18). The Morgan fingerprint density at radius 2 is 2.21 bits per heavy atom. The number of rotatable bonds is 3. The van der Waals surface area contributed by atoms with Gasteiger partial charge in [0.1, 0.15) is 18.3 Å². The van der Waals surface area contributed by atoms with Crippen molar-refractivity contribution in [3.8, 4) is 5.75 Å². The van der Waals surface area contributed by atoms with Crippen LogP contribution in [0.15, 0.2) is 24.3 Å². The molecule has 1 amide bonds. The van der Waals surface area contributed by atoms with E-state index < -0.39 is 0 Å². The Labute approximate surface area is 118 Å². The number of hydrogen-bond donors (Lipinski definition) is 1. The number of alkyl halides is 1. The Bertz CT molecular complexity index is 477. The van der Waals surface area contributed by atoms with Crippen LogP contribution in [0.5, 0.6) is 5.75 Å². The van der Waals surface area contributed by atoms with E-state index in [1.165, 1.54) is 6.42 Å². The number of hydrogen-bond acceptors (Lipinski definition) is 2. The summed E-state index contributed by atoms with van der Waals surface area (Å²) in [4.78, 5) is 12.2. The van der Waals surface area contributed by atoms with Crippen LogP contribution in [-0.2, 0) is 4.79 Å². The summed E-state index contributed by atoms with van der Waals surface area (Å²) in [6.07, 6.45) is 3.35. The topological polar surface area (TPSA) is 38.3 Å². The van der Waals surface area contributed by atoms with E-state index in [-0.39, 0.29) is 17.2 Å². The Morgan fingerprint density at radius 3 is 3.00 bits per heavy atom. The summed E-state index contributed by atoms with van der Waals surface area (Å²) < 4.78 is 5.54. The molecule has 0 spiro atoms. The minimum Gasteiger partial charge on any atom is -0.492 e. The molecule has 3 rings (SSSR count). The average Bonchev–Trinajstić information content (AvgIpc) is 3.02. The van der Waals surface area contributed by atoms with Crippen LogP contribution in [0.25, 0.3) is 0 Å². The van der Waals surface area contributed by atoms with Crippen molar-refractivity contribution in [3.63, 3.8) is 0 Å². The Morgan fingerprint density at radius 1 is 1.37 bits per heavy atom. The predicted octanol–water partition coefficient (Wildman–Crippen LogP) is 2.69. The van der Waals surface area contributed by atoms with Crippen LogP contribution in [0, 0.1) is 5.92 Å². The lowest BCUT2D eigenvalue weighted by Crippen LogP contribution is -2.35. The van der Waals surface area contributed by atoms with Crippen molar-refractivity contribution >= 4 is 17.5 Å². The third kappa shape index (κ3) is 2.57. The van der Waals surface area contributed by atoms with Crippen LogP contribution in [0.3, 0.4) is 0 Å². The van der Waals surface area contributed by atoms with E-state index in [9.17, 15) is 4.79 Å². The van der Waals surface area contributed by atoms with E-state index in [0.717, 1.165) is 24.2 Å². The quantitative estimate of drug-likeness (QED) is 0.864. The second-order valence-electron chi connectivity index (χ2n) is 5.35. The van der Waals surface area contributed by atoms with E-state index in [1.807, 2.05) is 24.3 Å². The van der Waals surface area contributed by atoms with Crippen molar-refractivity contribution in [2.75, 3.05) is 13.2 Å². The molecule has 1 heterocycles. The van der Waals surface area contributed by atoms with Crippen LogP contribution >= 0.6 is 11.6 Å². The first-order valence-corrected chi connectivity index (χ1v) is 7.33. The molecule has 102 valence electrons. The molecule has 19 heavy (non-hydrogen) atoms. The molecule has 1 aliphatic heterocycles. The monoisotopic (exact) mass is 279 g/mol. The highest BCUT2D eigenvalue weighted by Gasteiger charge is 2.31. The Kier molecular flexibility index (Phi) is 3.65. The van der Waals surface area contributed by atoms with Crippen molar-refractivity contribution in [1.29, 1.82) is 0 Å². The second kappa shape index (κ2) is 5.41. The second-order valence-corrected chi connectivity index (χ2v) is 5.91. The van der Waals surface area contributed by atoms with Gasteiger partial charge in [-0.1, -0.05) is 24.6 Å². The third-order valence-electron chi connectivity index (χ3n) is 4.12. The molecule has 1 N–H and O–H groups in total. The summed E-state index contributed by atoms with van der Waals surface area (Å²) in [7, 11) is 0. The lowest BCUT2D eigenvalue weighted by molar-refractivity contribution is -0.122. The van der Waals surface area contributed by atoms with E-state index >= 15 is 0 Å². The zero-order chi connectivity index (χ0) is 13.2. The van der Waals surface area contributed by atoms with Gasteiger partial charge in [0.25, 0.3) is 0 Å². The summed E-state index contributed by atoms with van der Waals surface area (Å²) in [5.74, 6) is 1.13. The normalized spacial score (nSPS) is 28.8. The fourth-order valence-corrected chi connectivity index (χ4v) is 3.33. The maximum absolute atomic E-state index is 12.2. The zero-order valence-corrected chi connectivity index (χ0v) is 11.5. The maximum atomic E-state index is 12.2. The van der Waals surface area contributed by atoms with Gasteiger partial charge in [-0.25, -0.2) is 0 Å². The summed E-state index contributed by atoms with van der Waals surface area (Å²) >= 11 is 6.23. The molecule has 1 fully saturated rings. The maximum Gasteiger partial charge on any atom is 0.231 e. The first-order valence-electron chi connectivity index (χ1n) is 6.89. The van der Waals surface area contributed by atoms with Gasteiger partial charge >= 0.3 is 0 Å². The number of halogens is 1. The van der Waals surface area contributed by atoms with Crippen molar-refractivity contribution in [1.82, 2.24) is 5.32 Å². The number of fused-ring (bicyclic) bond motifs is 1. The molecule has 0 saturated heterocycles. The van der Waals surface area contributed by atoms with Gasteiger partial charge in [-0.3, -0.25) is 4.79 Å². The van der Waals surface area contributed by atoms with Gasteiger partial charge in [0, 0.05) is 17.5 Å². The van der Waals surface area contributed by atoms with Crippen LogP contribution < -0.4 is 10.1 Å². The minimum atomic E-state index is -0.175. The van der Waals surface area contributed by atoms with E-state index in [1.54, 1.807) is 0 Å². The summed E-state index contributed by atoms with van der Waals surface area (Å²) in [5.41, 5.74) is 0.994. The fraction of sp³-hybridized carbons (Fsp3) is 0.533. The molecule has 0 bridgehead atoms. The van der Waals surface area contributed by atoms with E-state index in [2.05, 4.69) is 5.32 Å². The van der Waals surface area contributed by atoms with Crippen molar-refractivity contribution in [3.05, 3.63) is 29.8 Å². The van der Waals surface area contributed by atoms with Crippen molar-refractivity contribution in [2.45, 2.75) is 30.6 Å². The van der Waals surface area contributed by atoms with Crippen LogP contribution in [0.2, 0.25) is 0 Å². The van der Waals surface area contributed by atoms with Gasteiger partial charge in [-0.05, 0) is 24.8 Å². The largest absolute Gasteiger partial charge is 0.492 e. The molecule has 3 nitrogen and oxygen atoms in total. The lowest BCUT2D eigenvalue weighted by Gasteiger charge is -2.16. The number of ether oxygens (including phenoxy) is 1. The van der Waals surface area contributed by atoms with Crippen LogP contribution in [-0.4, -0.2) is 24.4 Å². The van der Waals surface area contributed by atoms with Gasteiger partial charge in [-0.15, -0.1) is 11.6 Å². The lowest BCUT2D eigenvalue weighted by atomic mass is 10.00. The smallest absolute Gasteiger partial charge is 0.231 e. The molecule has 3 atom stereocenters. The zero-order valence-electron chi connectivity index (χ0n) is 10.8. The molecule has 0 aromatic heterocycles. The number of nitrogens with one attached hydrogen (secondary N) is 1. The Hall–Kier alpha value is -1.22. The highest BCUT2D eigenvalue weighted by molar-refractivity contribution is 6.21. The first kappa shape index (κ1) is 12.8. The van der Waals surface area contributed by atoms with Crippen molar-refractivity contribution in [2.24, 2.45) is 5.92 Å². The third-order valence-corrected chi connectivity index (χ3v) is 4.70. The van der Waals surface area contributed by atoms with Crippen molar-refractivity contribution < 1.29 is 9.53 Å². The number of para-hydroxylation sites is 1. The summed E-state index contributed by atoms with van der Waals surface area (Å²) in [5, 5.41) is 3.25. The predicted molar refractivity (Wildman–Crippen MR) is 74.7 cm³/mol. The molecule has 1 aliphatic carbocycles. The van der Waals surface area contributed by atoms with Gasteiger partial charge < -0.3 is 10.1 Å². The van der Waals surface area contributed by atoms with E-state index in [4.69, 9.17) is 16.3 Å². The average molecular weight is 280 g/mol. The van der Waals surface area contributed by atoms with Gasteiger partial charge in [-0.2, -0.15) is 0 Å². The van der Waals surface area contributed by atoms with Gasteiger partial charge in [0.2, 0.25) is 5.91 Å². The van der Waals surface area contributed by atoms with Gasteiger partial charge in [0.05, 0.1) is 0 Å². The molecule has 4 heteroatoms. The number of benzene rings is 1. The highest BCUT2D eigenvalue weighted by Crippen LogP contribution is 2.34. The number of amides is 1. The molecule has 3 unspecified atom stereocenters. The molecular formula is C15H18ClNO2. The number of carbonyl (C=O) groups excluding carboxylic acids is 1. The summed E-state index contributed by atoms with van der Waals surface area (Å²) in [6, 6.07) is 7.75. The number of carbonyl (C=O) groups is 1. The van der Waals surface area contributed by atoms with Crippen LogP contribution in [0.4, 0.5) is 0 Å². The first-order chi connectivity index (χ1) is 9.25. The molecule has 1 aromatic rings. The fourth-order valence-electron chi connectivity index (χ4n) is 2.96. The molecule has 0 radical (unpaired) electrons. The van der Waals surface area contributed by atoms with Gasteiger partial charge in [0.15, 0.2) is 0 Å². The SMILES string of the molecule is O=C(NCC1CCCC1Cl)C1COc2ccccc21. The Balaban J connectivity index is 1.60. The highest BCUT2D eigenvalue weighted by atomic mass is 35.5. The molecule has 1 aromatic carbocycles. The van der Waals surface area contributed by atoms with E-state index in [0.29, 0.717) is 19.1 Å². The molecule has 2 aliphatic rings. The van der Waals surface area contributed by atoms with Crippen LogP contribution in [0.1, 0.15) is 30.7 Å². The molecular weight excluding hydrogens is 262 g/mol. The minimum absolute atomic E-state index is 0.0562. The summed E-state index contributed by atoms with van der Waals surface area (Å²) in [6.45, 7) is 1.13. The molecule has 1 saturated carbocycles.